The van der Waals surface area contributed by atoms with E-state index < -0.39 is 17.7 Å². The van der Waals surface area contributed by atoms with Gasteiger partial charge in [-0.3, -0.25) is 28.8 Å². The van der Waals surface area contributed by atoms with Crippen molar-refractivity contribution in [3.05, 3.63) is 206 Å². The number of benzene rings is 6. The van der Waals surface area contributed by atoms with E-state index in [1.165, 1.54) is 12.2 Å². The lowest BCUT2D eigenvalue weighted by atomic mass is 10.1. The van der Waals surface area contributed by atoms with Gasteiger partial charge in [-0.2, -0.15) is 15.3 Å². The predicted molar refractivity (Wildman–Crippen MR) is 356 cm³/mol. The van der Waals surface area contributed by atoms with Gasteiger partial charge in [0.1, 0.15) is 85.7 Å². The summed E-state index contributed by atoms with van der Waals surface area (Å²) < 4.78 is 22.2. The first kappa shape index (κ1) is 64.6. The number of piperidine rings is 1. The first-order chi connectivity index (χ1) is 45.4. The van der Waals surface area contributed by atoms with Gasteiger partial charge in [-0.15, -0.1) is 6.42 Å². The van der Waals surface area contributed by atoms with Crippen LogP contribution < -0.4 is 48.6 Å². The number of para-hydroxylation sites is 3. The molecule has 3 aromatic heterocycles. The van der Waals surface area contributed by atoms with Crippen LogP contribution in [-0.2, 0) is 14.4 Å². The van der Waals surface area contributed by atoms with Crippen molar-refractivity contribution in [2.24, 2.45) is 17.2 Å². The fraction of sp³-hybridized carbons (Fsp3) is 0.186. The Bertz CT molecular complexity index is 4120. The van der Waals surface area contributed by atoms with Gasteiger partial charge in [0.2, 0.25) is 11.8 Å². The minimum absolute atomic E-state index is 0.141. The molecule has 24 heteroatoms. The average Bonchev–Trinajstić information content (AvgIpc) is 1.65. The van der Waals surface area contributed by atoms with Crippen LogP contribution in [0.25, 0.3) is 33.8 Å². The van der Waals surface area contributed by atoms with Crippen molar-refractivity contribution in [1.82, 2.24) is 44.0 Å². The Kier molecular flexibility index (Phi) is 20.0. The Hall–Kier alpha value is -12.4. The molecule has 12 rings (SSSR count). The summed E-state index contributed by atoms with van der Waals surface area (Å²) in [5, 5.41) is 13.8. The summed E-state index contributed by atoms with van der Waals surface area (Å²) in [6, 6.07) is 49.4. The van der Waals surface area contributed by atoms with Gasteiger partial charge >= 0.3 is 0 Å². The molecule has 3 aliphatic heterocycles. The van der Waals surface area contributed by atoms with Crippen LogP contribution >= 0.6 is 0 Å². The van der Waals surface area contributed by atoms with Gasteiger partial charge in [-0.25, -0.2) is 14.0 Å². The van der Waals surface area contributed by atoms with Crippen LogP contribution in [0.5, 0.6) is 34.5 Å². The first-order valence-electron chi connectivity index (χ1n) is 30.0. The Morgan fingerprint density at radius 3 is 1.00 bits per heavy atom. The molecule has 3 fully saturated rings. The molecule has 3 atom stereocenters. The first-order valence-corrected chi connectivity index (χ1v) is 30.0. The van der Waals surface area contributed by atoms with Crippen LogP contribution in [0.3, 0.4) is 0 Å². The number of ether oxygens (including phenoxy) is 3. The molecule has 478 valence electrons. The summed E-state index contributed by atoms with van der Waals surface area (Å²) in [5.74, 6) is 4.20. The number of hydrogen-bond acceptors (Lipinski definition) is 15. The molecule has 94 heavy (non-hydrogen) atoms. The zero-order valence-corrected chi connectivity index (χ0v) is 51.2. The van der Waals surface area contributed by atoms with Gasteiger partial charge in [0.15, 0.2) is 0 Å². The Labute approximate surface area is 541 Å². The number of primary amides is 3. The average molecular weight is 1260 g/mol. The standard InChI is InChI=1S/C24H23N5O3.2C23H23N5O3/c1-2-20(30)28-14-6-7-17(15-28)29-23(25)21(24(26)31)22(27-29)16-10-12-19(13-11-16)32-18-8-4-3-5-9-18;2*1-2-19(29)27-13-12-16(14-27)28-22(24)20(23(25)30)21(26-28)15-8-10-18(11-9-15)31-17-6-4-3-5-7-17/h1,3-5,8-13,17H,6-7,14-15,25H2,(H2,26,31);2*2-11,16H,1,12-14,24H2,(H2,25,30)/t;2*16-/m.10/s1. The van der Waals surface area contributed by atoms with Gasteiger partial charge in [0, 0.05) is 56.0 Å². The van der Waals surface area contributed by atoms with E-state index in [1.807, 2.05) is 91.0 Å². The molecule has 3 saturated heterocycles. The van der Waals surface area contributed by atoms with Crippen LogP contribution in [-0.4, -0.2) is 119 Å². The van der Waals surface area contributed by atoms with Crippen molar-refractivity contribution in [3.8, 4) is 80.6 Å². The highest BCUT2D eigenvalue weighted by Gasteiger charge is 2.34. The smallest absolute Gasteiger partial charge is 0.298 e. The quantitative estimate of drug-likeness (QED) is 0.0366. The van der Waals surface area contributed by atoms with E-state index in [9.17, 15) is 28.8 Å². The van der Waals surface area contributed by atoms with Crippen molar-refractivity contribution in [2.45, 2.75) is 43.8 Å². The fourth-order valence-corrected chi connectivity index (χ4v) is 11.4. The highest BCUT2D eigenvalue weighted by molar-refractivity contribution is 6.05. The molecule has 0 spiro atoms. The monoisotopic (exact) mass is 1260 g/mol. The van der Waals surface area contributed by atoms with Gasteiger partial charge in [0.05, 0.1) is 18.1 Å². The number of nitrogen functional groups attached to an aromatic ring is 3. The Morgan fingerprint density at radius 2 is 0.713 bits per heavy atom. The molecule has 12 N–H and O–H groups in total. The molecule has 6 aromatic carbocycles. The van der Waals surface area contributed by atoms with E-state index in [-0.39, 0.29) is 70.0 Å². The number of carbonyl (C=O) groups is 6. The maximum absolute atomic E-state index is 12.2. The number of aromatic nitrogens is 6. The van der Waals surface area contributed by atoms with Crippen molar-refractivity contribution in [3.63, 3.8) is 0 Å². The van der Waals surface area contributed by atoms with E-state index in [2.05, 4.69) is 34.4 Å². The number of nitrogens with zero attached hydrogens (tertiary/aromatic N) is 9. The molecule has 1 unspecified atom stereocenters. The summed E-state index contributed by atoms with van der Waals surface area (Å²) in [5.41, 5.74) is 39.4. The zero-order chi connectivity index (χ0) is 66.6. The summed E-state index contributed by atoms with van der Waals surface area (Å²) in [6.07, 6.45) is 10.7. The molecule has 3 aliphatic rings. The third-order valence-corrected chi connectivity index (χ3v) is 16.0. The summed E-state index contributed by atoms with van der Waals surface area (Å²) in [7, 11) is 0. The number of rotatable bonds is 17. The summed E-state index contributed by atoms with van der Waals surface area (Å²) in [6.45, 7) is 10.0. The fourth-order valence-electron chi connectivity index (χ4n) is 11.4. The highest BCUT2D eigenvalue weighted by Crippen LogP contribution is 2.38. The molecule has 0 saturated carbocycles. The van der Waals surface area contributed by atoms with Crippen molar-refractivity contribution < 1.29 is 43.0 Å². The normalized spacial score (nSPS) is 15.6. The molecule has 9 aromatic rings. The summed E-state index contributed by atoms with van der Waals surface area (Å²) in [4.78, 5) is 77.2. The molecule has 0 radical (unpaired) electrons. The van der Waals surface area contributed by atoms with Crippen LogP contribution in [0, 0.1) is 12.3 Å². The minimum atomic E-state index is -0.666. The largest absolute Gasteiger partial charge is 0.457 e. The SMILES string of the molecule is C#CC(=O)N1CCCC(n2nc(-c3ccc(Oc4ccccc4)cc3)c(C(N)=O)c2N)C1.C=CC(=O)N1CC[C@@H](n2nc(-c3ccc(Oc4ccccc4)cc3)c(C(N)=O)c2N)C1.C=CC(=O)N1CC[C@H](n2nc(-c3ccc(Oc4ccccc4)cc3)c(C(N)=O)c2N)C1. The molecule has 24 nitrogen and oxygen atoms in total. The second-order valence-corrected chi connectivity index (χ2v) is 22.1. The van der Waals surface area contributed by atoms with E-state index in [4.69, 9.17) is 55.0 Å². The Balaban J connectivity index is 0.000000154. The second-order valence-electron chi connectivity index (χ2n) is 22.1. The lowest BCUT2D eigenvalue weighted by Gasteiger charge is -2.32. The second kappa shape index (κ2) is 29.1. The lowest BCUT2D eigenvalue weighted by molar-refractivity contribution is -0.127. The number of anilines is 3. The number of amides is 6. The van der Waals surface area contributed by atoms with E-state index in [0.717, 1.165) is 30.1 Å². The number of likely N-dealkylation sites (tertiary alicyclic amines) is 3. The van der Waals surface area contributed by atoms with Crippen molar-refractivity contribution in [2.75, 3.05) is 56.5 Å². The van der Waals surface area contributed by atoms with Crippen LogP contribution in [0.4, 0.5) is 17.5 Å². The number of hydrogen-bond donors (Lipinski definition) is 6. The van der Waals surface area contributed by atoms with Crippen LogP contribution in [0.15, 0.2) is 189 Å². The topological polar surface area (TPSA) is 349 Å². The van der Waals surface area contributed by atoms with Crippen molar-refractivity contribution >= 4 is 52.9 Å². The molecule has 6 amide bonds. The third kappa shape index (κ3) is 14.6. The maximum Gasteiger partial charge on any atom is 0.298 e. The minimum Gasteiger partial charge on any atom is -0.457 e. The maximum atomic E-state index is 12.2. The molecular formula is C70H69N15O9. The molecule has 6 heterocycles. The number of nitrogens with two attached hydrogens (primary N) is 6. The molecule has 0 bridgehead atoms. The molecule has 0 aliphatic carbocycles. The predicted octanol–water partition coefficient (Wildman–Crippen LogP) is 8.79. The summed E-state index contributed by atoms with van der Waals surface area (Å²) >= 11 is 0. The van der Waals surface area contributed by atoms with E-state index in [1.54, 1.807) is 102 Å². The van der Waals surface area contributed by atoms with Crippen LogP contribution in [0.1, 0.15) is 74.9 Å². The van der Waals surface area contributed by atoms with Gasteiger partial charge in [0.25, 0.3) is 23.6 Å². The van der Waals surface area contributed by atoms with Crippen LogP contribution in [0.2, 0.25) is 0 Å². The Morgan fingerprint density at radius 1 is 0.426 bits per heavy atom. The number of carbonyl (C=O) groups excluding carboxylic acids is 6. The zero-order valence-electron chi connectivity index (χ0n) is 51.2. The van der Waals surface area contributed by atoms with E-state index in [0.29, 0.717) is 103 Å². The van der Waals surface area contributed by atoms with Gasteiger partial charge in [-0.05, 0) is 153 Å². The van der Waals surface area contributed by atoms with Gasteiger partial charge < -0.3 is 63.3 Å². The van der Waals surface area contributed by atoms with E-state index >= 15 is 0 Å². The lowest BCUT2D eigenvalue weighted by Crippen LogP contribution is -2.40. The number of terminal acetylenes is 1. The highest BCUT2D eigenvalue weighted by atomic mass is 16.5. The van der Waals surface area contributed by atoms with Crippen molar-refractivity contribution in [1.29, 1.82) is 0 Å². The van der Waals surface area contributed by atoms with Gasteiger partial charge in [-0.1, -0.05) is 67.8 Å². The third-order valence-electron chi connectivity index (χ3n) is 16.0. The molecular weight excluding hydrogens is 1190 g/mol.